The number of nitroso groups, excluding NO2 is 1. The van der Waals surface area contributed by atoms with Gasteiger partial charge in [-0.1, -0.05) is 0 Å². The third-order valence-corrected chi connectivity index (χ3v) is 2.06. The van der Waals surface area contributed by atoms with Gasteiger partial charge in [0.05, 0.1) is 11.1 Å². The predicted molar refractivity (Wildman–Crippen MR) is 52.7 cm³/mol. The van der Waals surface area contributed by atoms with E-state index in [0.29, 0.717) is 0 Å². The highest BCUT2D eigenvalue weighted by Crippen LogP contribution is 2.21. The molecule has 0 aromatic heterocycles. The van der Waals surface area contributed by atoms with Crippen molar-refractivity contribution in [3.05, 3.63) is 33.7 Å². The van der Waals surface area contributed by atoms with Gasteiger partial charge in [0.25, 0.3) is 0 Å². The van der Waals surface area contributed by atoms with Crippen LogP contribution >= 0.6 is 0 Å². The van der Waals surface area contributed by atoms with E-state index in [-0.39, 0.29) is 22.4 Å². The zero-order valence-electron chi connectivity index (χ0n) is 7.85. The Kier molecular flexibility index (Phi) is 2.80. The number of aromatic carboxylic acids is 1. The maximum Gasteiger partial charge on any atom is 0.336 e. The van der Waals surface area contributed by atoms with E-state index < -0.39 is 11.9 Å². The fourth-order valence-electron chi connectivity index (χ4n) is 1.20. The molecule has 0 saturated carbocycles. The molecule has 1 aromatic carbocycles. The molecule has 6 nitrogen and oxygen atoms in total. The molecule has 0 spiro atoms. The van der Waals surface area contributed by atoms with Crippen LogP contribution in [0.2, 0.25) is 0 Å². The first-order valence-electron chi connectivity index (χ1n) is 3.99. The first-order valence-corrected chi connectivity index (χ1v) is 3.99. The molecule has 78 valence electrons. The molecule has 0 unspecified atom stereocenters. The van der Waals surface area contributed by atoms with Crippen molar-refractivity contribution in [2.75, 3.05) is 5.73 Å². The molecule has 0 heterocycles. The Morgan fingerprint density at radius 1 is 1.33 bits per heavy atom. The zero-order chi connectivity index (χ0) is 11.6. The van der Waals surface area contributed by atoms with Gasteiger partial charge in [-0.3, -0.25) is 4.79 Å². The quantitative estimate of drug-likeness (QED) is 0.560. The largest absolute Gasteiger partial charge is 0.478 e. The molecule has 0 aliphatic carbocycles. The van der Waals surface area contributed by atoms with Crippen LogP contribution in [0.3, 0.4) is 0 Å². The molecule has 0 aliphatic rings. The predicted octanol–water partition coefficient (Wildman–Crippen LogP) is 1.18. The van der Waals surface area contributed by atoms with E-state index in [4.69, 9.17) is 10.8 Å². The van der Waals surface area contributed by atoms with Crippen molar-refractivity contribution in [1.82, 2.24) is 0 Å². The van der Waals surface area contributed by atoms with Crippen molar-refractivity contribution in [3.8, 4) is 0 Å². The van der Waals surface area contributed by atoms with Gasteiger partial charge in [-0.2, -0.15) is 0 Å². The highest BCUT2D eigenvalue weighted by molar-refractivity contribution is 6.02. The number of carbonyl (C=O) groups is 2. The van der Waals surface area contributed by atoms with Gasteiger partial charge in [0.15, 0.2) is 0 Å². The summed E-state index contributed by atoms with van der Waals surface area (Å²) in [5, 5.41) is 11.0. The number of nitrogens with zero attached hydrogens (tertiary/aromatic N) is 1. The molecular weight excluding hydrogens is 200 g/mol. The molecule has 15 heavy (non-hydrogen) atoms. The summed E-state index contributed by atoms with van der Waals surface area (Å²) in [5.74, 6) is -2.15. The number of carboxylic acid groups (broad SMARTS) is 1. The van der Waals surface area contributed by atoms with Crippen LogP contribution in [0.5, 0.6) is 0 Å². The lowest BCUT2D eigenvalue weighted by molar-refractivity contribution is 0.0695. The summed E-state index contributed by atoms with van der Waals surface area (Å²) in [7, 11) is 0. The average Bonchev–Trinajstić information content (AvgIpc) is 2.20. The molecule has 0 bridgehead atoms. The van der Waals surface area contributed by atoms with Gasteiger partial charge >= 0.3 is 11.9 Å². The first-order chi connectivity index (χ1) is 6.99. The SMILES string of the molecule is Cc1c(C(=O)O)ccc(C(=O)N=O)c1N. The second-order valence-corrected chi connectivity index (χ2v) is 2.90. The number of carboxylic acids is 1. The first kappa shape index (κ1) is 10.8. The molecule has 1 amide bonds. The summed E-state index contributed by atoms with van der Waals surface area (Å²) >= 11 is 0. The topological polar surface area (TPSA) is 110 Å². The molecule has 0 atom stereocenters. The lowest BCUT2D eigenvalue weighted by Gasteiger charge is -2.07. The fraction of sp³-hybridized carbons (Fsp3) is 0.111. The minimum absolute atomic E-state index is 0.00468. The number of benzene rings is 1. The van der Waals surface area contributed by atoms with E-state index >= 15 is 0 Å². The van der Waals surface area contributed by atoms with Crippen molar-refractivity contribution < 1.29 is 14.7 Å². The van der Waals surface area contributed by atoms with Crippen molar-refractivity contribution >= 4 is 17.6 Å². The molecule has 1 aromatic rings. The standard InChI is InChI=1S/C9H8N2O4/c1-4-5(9(13)14)2-3-6(7(4)10)8(12)11-15/h2-3H,10H2,1H3,(H,13,14). The van der Waals surface area contributed by atoms with Crippen molar-refractivity contribution in [3.63, 3.8) is 0 Å². The van der Waals surface area contributed by atoms with Crippen molar-refractivity contribution in [1.29, 1.82) is 0 Å². The van der Waals surface area contributed by atoms with Crippen LogP contribution in [0, 0.1) is 11.8 Å². The van der Waals surface area contributed by atoms with E-state index in [1.54, 1.807) is 0 Å². The zero-order valence-corrected chi connectivity index (χ0v) is 7.85. The van der Waals surface area contributed by atoms with Crippen LogP contribution in [0.1, 0.15) is 26.3 Å². The van der Waals surface area contributed by atoms with E-state index in [9.17, 15) is 14.5 Å². The van der Waals surface area contributed by atoms with Crippen molar-refractivity contribution in [2.45, 2.75) is 6.92 Å². The Hall–Kier alpha value is -2.24. The number of amides is 1. The van der Waals surface area contributed by atoms with Gasteiger partial charge < -0.3 is 10.8 Å². The molecule has 6 heteroatoms. The van der Waals surface area contributed by atoms with Crippen LogP contribution in [0.4, 0.5) is 5.69 Å². The second-order valence-electron chi connectivity index (χ2n) is 2.90. The smallest absolute Gasteiger partial charge is 0.336 e. The average molecular weight is 208 g/mol. The molecule has 1 rings (SSSR count). The second kappa shape index (κ2) is 3.87. The Balaban J connectivity index is 3.39. The van der Waals surface area contributed by atoms with E-state index in [0.717, 1.165) is 0 Å². The highest BCUT2D eigenvalue weighted by Gasteiger charge is 2.16. The van der Waals surface area contributed by atoms with Crippen LogP contribution in [0.15, 0.2) is 17.3 Å². The van der Waals surface area contributed by atoms with E-state index in [2.05, 4.69) is 5.18 Å². The number of rotatable bonds is 2. The van der Waals surface area contributed by atoms with Gasteiger partial charge in [-0.25, -0.2) is 4.79 Å². The number of carbonyl (C=O) groups excluding carboxylic acids is 1. The third-order valence-electron chi connectivity index (χ3n) is 2.06. The third kappa shape index (κ3) is 1.83. The summed E-state index contributed by atoms with van der Waals surface area (Å²) in [6.45, 7) is 1.46. The maximum absolute atomic E-state index is 11.0. The number of nitrogens with two attached hydrogens (primary N) is 1. The maximum atomic E-state index is 11.0. The normalized spacial score (nSPS) is 9.67. The summed E-state index contributed by atoms with van der Waals surface area (Å²) in [6, 6.07) is 2.39. The Morgan fingerprint density at radius 2 is 1.87 bits per heavy atom. The highest BCUT2D eigenvalue weighted by atomic mass is 16.4. The van der Waals surface area contributed by atoms with Gasteiger partial charge in [-0.05, 0) is 24.6 Å². The summed E-state index contributed by atoms with van der Waals surface area (Å²) in [6.07, 6.45) is 0. The summed E-state index contributed by atoms with van der Waals surface area (Å²) in [5.41, 5.74) is 5.65. The van der Waals surface area contributed by atoms with Crippen LogP contribution in [-0.4, -0.2) is 17.0 Å². The van der Waals surface area contributed by atoms with E-state index in [1.165, 1.54) is 19.1 Å². The summed E-state index contributed by atoms with van der Waals surface area (Å²) in [4.78, 5) is 31.7. The van der Waals surface area contributed by atoms with Crippen molar-refractivity contribution in [2.24, 2.45) is 5.18 Å². The molecule has 0 fully saturated rings. The van der Waals surface area contributed by atoms with Gasteiger partial charge in [0, 0.05) is 10.9 Å². The molecular formula is C9H8N2O4. The van der Waals surface area contributed by atoms with Crippen LogP contribution in [0.25, 0.3) is 0 Å². The minimum atomic E-state index is -1.14. The summed E-state index contributed by atoms with van der Waals surface area (Å²) < 4.78 is 0. The number of nitrogen functional groups attached to an aromatic ring is 1. The van der Waals surface area contributed by atoms with Gasteiger partial charge in [0.1, 0.15) is 0 Å². The molecule has 3 N–H and O–H groups in total. The minimum Gasteiger partial charge on any atom is -0.478 e. The molecule has 0 aliphatic heterocycles. The van der Waals surface area contributed by atoms with Gasteiger partial charge in [-0.15, -0.1) is 4.91 Å². The molecule has 0 radical (unpaired) electrons. The Morgan fingerprint density at radius 3 is 2.33 bits per heavy atom. The fourth-order valence-corrected chi connectivity index (χ4v) is 1.20. The van der Waals surface area contributed by atoms with Gasteiger partial charge in [0.2, 0.25) is 0 Å². The molecule has 0 saturated heterocycles. The van der Waals surface area contributed by atoms with Crippen LogP contribution in [-0.2, 0) is 0 Å². The number of anilines is 1. The monoisotopic (exact) mass is 208 g/mol. The number of hydrogen-bond donors (Lipinski definition) is 2. The van der Waals surface area contributed by atoms with Crippen LogP contribution < -0.4 is 5.73 Å². The lowest BCUT2D eigenvalue weighted by atomic mass is 10.0. The van der Waals surface area contributed by atoms with E-state index in [1.807, 2.05) is 0 Å². The Labute approximate surface area is 84.7 Å². The number of hydrogen-bond acceptors (Lipinski definition) is 4. The lowest BCUT2D eigenvalue weighted by Crippen LogP contribution is -2.08. The Bertz CT molecular complexity index is 454.